The smallest absolute Gasteiger partial charge is 0.271 e. The molecule has 0 fully saturated rings. The molecule has 3 N–H and O–H groups in total. The van der Waals surface area contributed by atoms with Crippen LogP contribution in [0.5, 0.6) is 0 Å². The minimum atomic E-state index is -1.39. The fraction of sp³-hybridized carbons (Fsp3) is 0. The molecule has 0 spiro atoms. The molecule has 5 nitrogen and oxygen atoms in total. The van der Waals surface area contributed by atoms with Gasteiger partial charge in [-0.25, -0.2) is 13.2 Å². The number of nitrogens with two attached hydrogens (primary N) is 1. The Balaban J connectivity index is 2.68. The normalized spacial score (nSPS) is 10.5. The van der Waals surface area contributed by atoms with E-state index in [1.54, 1.807) is 0 Å². The Morgan fingerprint density at radius 1 is 1.24 bits per heavy atom. The lowest BCUT2D eigenvalue weighted by Gasteiger charge is -2.02. The number of primary amides is 1. The number of H-pyrrole nitrogens is 1. The van der Waals surface area contributed by atoms with Crippen LogP contribution in [0, 0.1) is 17.5 Å². The number of amides is 1. The van der Waals surface area contributed by atoms with Crippen LogP contribution in [0.2, 0.25) is 0 Å². The zero-order valence-corrected chi connectivity index (χ0v) is 8.17. The van der Waals surface area contributed by atoms with Crippen molar-refractivity contribution in [3.8, 4) is 11.3 Å². The number of nitrogens with zero attached hydrogens (tertiary/aromatic N) is 2. The van der Waals surface area contributed by atoms with E-state index in [0.717, 1.165) is 0 Å². The van der Waals surface area contributed by atoms with E-state index in [2.05, 4.69) is 10.2 Å². The second-order valence-corrected chi connectivity index (χ2v) is 3.13. The van der Waals surface area contributed by atoms with Crippen LogP contribution in [0.15, 0.2) is 12.1 Å². The average Bonchev–Trinajstić information content (AvgIpc) is 2.72. The van der Waals surface area contributed by atoms with Crippen LogP contribution in [0.25, 0.3) is 11.3 Å². The van der Waals surface area contributed by atoms with Crippen molar-refractivity contribution in [1.82, 2.24) is 15.4 Å². The maximum Gasteiger partial charge on any atom is 0.271 e. The maximum absolute atomic E-state index is 13.4. The molecule has 0 aliphatic carbocycles. The van der Waals surface area contributed by atoms with Gasteiger partial charge in [0.25, 0.3) is 5.91 Å². The second kappa shape index (κ2) is 3.89. The predicted octanol–water partition coefficient (Wildman–Crippen LogP) is 0.988. The van der Waals surface area contributed by atoms with Crippen molar-refractivity contribution in [3.63, 3.8) is 0 Å². The Morgan fingerprint density at radius 2 is 1.94 bits per heavy atom. The molecule has 1 aromatic carbocycles. The van der Waals surface area contributed by atoms with Gasteiger partial charge in [0.1, 0.15) is 11.5 Å². The third-order valence-electron chi connectivity index (χ3n) is 2.03. The fourth-order valence-corrected chi connectivity index (χ4v) is 1.32. The number of aromatic amines is 1. The van der Waals surface area contributed by atoms with Gasteiger partial charge in [0, 0.05) is 11.6 Å². The molecule has 0 atom stereocenters. The minimum Gasteiger partial charge on any atom is -0.364 e. The monoisotopic (exact) mass is 242 g/mol. The summed E-state index contributed by atoms with van der Waals surface area (Å²) in [7, 11) is 0. The molecule has 17 heavy (non-hydrogen) atoms. The van der Waals surface area contributed by atoms with Crippen molar-refractivity contribution in [3.05, 3.63) is 35.3 Å². The third kappa shape index (κ3) is 1.84. The topological polar surface area (TPSA) is 84.7 Å². The van der Waals surface area contributed by atoms with E-state index in [0.29, 0.717) is 12.1 Å². The summed E-state index contributed by atoms with van der Waals surface area (Å²) in [5.74, 6) is -4.71. The molecule has 0 saturated carbocycles. The number of hydrogen-bond donors (Lipinski definition) is 2. The summed E-state index contributed by atoms with van der Waals surface area (Å²) in [4.78, 5) is 10.9. The highest BCUT2D eigenvalue weighted by Crippen LogP contribution is 2.25. The number of nitrogens with one attached hydrogen (secondary N) is 1. The number of hydrogen-bond acceptors (Lipinski definition) is 3. The average molecular weight is 242 g/mol. The van der Waals surface area contributed by atoms with E-state index in [4.69, 9.17) is 5.73 Å². The lowest BCUT2D eigenvalue weighted by Crippen LogP contribution is -2.13. The van der Waals surface area contributed by atoms with Gasteiger partial charge in [-0.15, -0.1) is 0 Å². The molecule has 0 unspecified atom stereocenters. The first kappa shape index (κ1) is 11.1. The molecule has 0 aliphatic rings. The van der Waals surface area contributed by atoms with Crippen LogP contribution in [-0.2, 0) is 0 Å². The zero-order valence-electron chi connectivity index (χ0n) is 8.17. The number of halogens is 3. The number of aromatic nitrogens is 3. The summed E-state index contributed by atoms with van der Waals surface area (Å²) in [5, 5.41) is 8.84. The molecular formula is C9H5F3N4O. The number of carbonyl (C=O) groups excluding carboxylic acids is 1. The van der Waals surface area contributed by atoms with Gasteiger partial charge >= 0.3 is 0 Å². The third-order valence-corrected chi connectivity index (χ3v) is 2.03. The van der Waals surface area contributed by atoms with E-state index in [1.807, 2.05) is 5.21 Å². The van der Waals surface area contributed by atoms with Crippen LogP contribution in [-0.4, -0.2) is 21.3 Å². The summed E-state index contributed by atoms with van der Waals surface area (Å²) < 4.78 is 39.3. The molecule has 2 aromatic rings. The molecular weight excluding hydrogens is 237 g/mol. The van der Waals surface area contributed by atoms with Crippen molar-refractivity contribution in [1.29, 1.82) is 0 Å². The van der Waals surface area contributed by atoms with Crippen LogP contribution in [0.3, 0.4) is 0 Å². The molecule has 0 bridgehead atoms. The Morgan fingerprint density at radius 3 is 2.59 bits per heavy atom. The van der Waals surface area contributed by atoms with Crippen LogP contribution < -0.4 is 5.73 Å². The largest absolute Gasteiger partial charge is 0.364 e. The Labute approximate surface area is 92.4 Å². The van der Waals surface area contributed by atoms with Gasteiger partial charge in [-0.1, -0.05) is 0 Å². The highest BCUT2D eigenvalue weighted by molar-refractivity contribution is 5.96. The van der Waals surface area contributed by atoms with Gasteiger partial charge in [-0.05, 0) is 6.07 Å². The summed E-state index contributed by atoms with van der Waals surface area (Å²) in [5.41, 5.74) is 3.69. The quantitative estimate of drug-likeness (QED) is 0.770. The summed E-state index contributed by atoms with van der Waals surface area (Å²) >= 11 is 0. The van der Waals surface area contributed by atoms with Gasteiger partial charge in [-0.3, -0.25) is 4.79 Å². The molecule has 0 saturated heterocycles. The molecule has 0 aliphatic heterocycles. The standard InChI is InChI=1S/C9H5F3N4O/c10-3-1-4(6(12)5(11)2-3)7-8(9(13)17)15-16-14-7/h1-2H,(H2,13,17)(H,14,15,16). The van der Waals surface area contributed by atoms with Gasteiger partial charge in [0.05, 0.1) is 0 Å². The molecule has 0 radical (unpaired) electrons. The number of carbonyl (C=O) groups is 1. The number of benzene rings is 1. The van der Waals surface area contributed by atoms with E-state index in [1.165, 1.54) is 0 Å². The molecule has 2 rings (SSSR count). The molecule has 1 amide bonds. The summed E-state index contributed by atoms with van der Waals surface area (Å²) in [6, 6.07) is 1.07. The SMILES string of the molecule is NC(=O)c1n[nH]nc1-c1cc(F)cc(F)c1F. The molecule has 1 aromatic heterocycles. The predicted molar refractivity (Wildman–Crippen MR) is 50.2 cm³/mol. The van der Waals surface area contributed by atoms with Crippen molar-refractivity contribution in [2.24, 2.45) is 5.73 Å². The Kier molecular flexibility index (Phi) is 2.54. The first-order chi connectivity index (χ1) is 8.00. The lowest BCUT2D eigenvalue weighted by molar-refractivity contribution is 0.0996. The first-order valence-corrected chi connectivity index (χ1v) is 4.36. The van der Waals surface area contributed by atoms with Gasteiger partial charge in [-0.2, -0.15) is 15.4 Å². The Hall–Kier alpha value is -2.38. The van der Waals surface area contributed by atoms with E-state index in [-0.39, 0.29) is 5.69 Å². The maximum atomic E-state index is 13.4. The van der Waals surface area contributed by atoms with E-state index in [9.17, 15) is 18.0 Å². The van der Waals surface area contributed by atoms with Gasteiger partial charge in [0.2, 0.25) is 0 Å². The van der Waals surface area contributed by atoms with Crippen molar-refractivity contribution < 1.29 is 18.0 Å². The van der Waals surface area contributed by atoms with Crippen LogP contribution in [0.4, 0.5) is 13.2 Å². The highest BCUT2D eigenvalue weighted by atomic mass is 19.2. The molecule has 8 heteroatoms. The molecule has 88 valence electrons. The summed E-state index contributed by atoms with van der Waals surface area (Å²) in [6.07, 6.45) is 0. The van der Waals surface area contributed by atoms with Crippen molar-refractivity contribution >= 4 is 5.91 Å². The van der Waals surface area contributed by atoms with Crippen LogP contribution in [0.1, 0.15) is 10.5 Å². The fourth-order valence-electron chi connectivity index (χ4n) is 1.32. The van der Waals surface area contributed by atoms with Crippen molar-refractivity contribution in [2.45, 2.75) is 0 Å². The van der Waals surface area contributed by atoms with Gasteiger partial charge < -0.3 is 5.73 Å². The highest BCUT2D eigenvalue weighted by Gasteiger charge is 2.21. The van der Waals surface area contributed by atoms with Gasteiger partial charge in [0.15, 0.2) is 17.3 Å². The number of rotatable bonds is 2. The summed E-state index contributed by atoms with van der Waals surface area (Å²) in [6.45, 7) is 0. The van der Waals surface area contributed by atoms with Crippen LogP contribution >= 0.6 is 0 Å². The molecule has 1 heterocycles. The zero-order chi connectivity index (χ0) is 12.6. The lowest BCUT2D eigenvalue weighted by atomic mass is 10.1. The van der Waals surface area contributed by atoms with E-state index >= 15 is 0 Å². The Bertz CT molecular complexity index is 596. The first-order valence-electron chi connectivity index (χ1n) is 4.36. The minimum absolute atomic E-state index is 0.339. The second-order valence-electron chi connectivity index (χ2n) is 3.13. The van der Waals surface area contributed by atoms with E-state index < -0.39 is 34.6 Å². The van der Waals surface area contributed by atoms with Crippen molar-refractivity contribution in [2.75, 3.05) is 0 Å².